The lowest BCUT2D eigenvalue weighted by molar-refractivity contribution is -0.122. The van der Waals surface area contributed by atoms with E-state index in [1.807, 2.05) is 65.6 Å². The minimum absolute atomic E-state index is 0.0321. The molecule has 172 valence electrons. The lowest BCUT2D eigenvalue weighted by Gasteiger charge is -2.34. The number of alkyl carbamates (subject to hydrolysis) is 1. The standard InChI is InChI=1S/C26H34N2O4/c1-18(2)14-24(30)25-22(27-26(31)32-17-21-12-8-5-9-13-21)15-23(19(3)29)28(25)16-20-10-6-4-7-11-20/h4-13,18,22-25,30H,14-17H2,1-3H3,(H,27,31). The zero-order valence-electron chi connectivity index (χ0n) is 19.1. The minimum atomic E-state index is -0.678. The molecule has 1 heterocycles. The molecule has 1 amide bonds. The summed E-state index contributed by atoms with van der Waals surface area (Å²) in [6.07, 6.45) is -0.188. The first-order valence-corrected chi connectivity index (χ1v) is 11.3. The fourth-order valence-corrected chi connectivity index (χ4v) is 4.54. The highest BCUT2D eigenvalue weighted by atomic mass is 16.5. The summed E-state index contributed by atoms with van der Waals surface area (Å²) in [5, 5.41) is 14.1. The number of carbonyl (C=O) groups excluding carboxylic acids is 2. The SMILES string of the molecule is CC(=O)C1CC(NC(=O)OCc2ccccc2)C(C(O)CC(C)C)N1Cc1ccccc1. The van der Waals surface area contributed by atoms with Gasteiger partial charge in [0.15, 0.2) is 0 Å². The van der Waals surface area contributed by atoms with E-state index in [2.05, 4.69) is 19.2 Å². The number of amides is 1. The number of likely N-dealkylation sites (tertiary alicyclic amines) is 1. The van der Waals surface area contributed by atoms with Crippen LogP contribution in [0.2, 0.25) is 0 Å². The molecule has 0 radical (unpaired) electrons. The van der Waals surface area contributed by atoms with Gasteiger partial charge in [0.2, 0.25) is 0 Å². The van der Waals surface area contributed by atoms with E-state index in [0.717, 1.165) is 11.1 Å². The van der Waals surface area contributed by atoms with Gasteiger partial charge in [0.25, 0.3) is 0 Å². The largest absolute Gasteiger partial charge is 0.445 e. The molecule has 1 aliphatic heterocycles. The molecule has 3 rings (SSSR count). The molecule has 1 saturated heterocycles. The summed E-state index contributed by atoms with van der Waals surface area (Å²) >= 11 is 0. The Labute approximate surface area is 190 Å². The van der Waals surface area contributed by atoms with Gasteiger partial charge in [-0.1, -0.05) is 74.5 Å². The van der Waals surface area contributed by atoms with Crippen LogP contribution in [0.25, 0.3) is 0 Å². The fraction of sp³-hybridized carbons (Fsp3) is 0.462. The molecule has 0 aliphatic carbocycles. The quantitative estimate of drug-likeness (QED) is 0.620. The highest BCUT2D eigenvalue weighted by Crippen LogP contribution is 2.31. The molecule has 0 aromatic heterocycles. The van der Waals surface area contributed by atoms with Crippen molar-refractivity contribution < 1.29 is 19.4 Å². The zero-order chi connectivity index (χ0) is 23.1. The Morgan fingerprint density at radius 2 is 1.66 bits per heavy atom. The van der Waals surface area contributed by atoms with Gasteiger partial charge in [0.1, 0.15) is 12.4 Å². The van der Waals surface area contributed by atoms with Crippen LogP contribution in [0.5, 0.6) is 0 Å². The van der Waals surface area contributed by atoms with E-state index in [1.54, 1.807) is 6.92 Å². The van der Waals surface area contributed by atoms with Crippen LogP contribution >= 0.6 is 0 Å². The zero-order valence-corrected chi connectivity index (χ0v) is 19.1. The molecule has 4 unspecified atom stereocenters. The summed E-state index contributed by atoms with van der Waals surface area (Å²) in [5.74, 6) is 0.315. The highest BCUT2D eigenvalue weighted by Gasteiger charge is 2.47. The van der Waals surface area contributed by atoms with Gasteiger partial charge in [-0.15, -0.1) is 0 Å². The summed E-state index contributed by atoms with van der Waals surface area (Å²) in [4.78, 5) is 27.1. The normalized spacial score (nSPS) is 22.0. The van der Waals surface area contributed by atoms with Crippen LogP contribution < -0.4 is 5.32 Å². The van der Waals surface area contributed by atoms with Gasteiger partial charge in [-0.3, -0.25) is 9.69 Å². The average molecular weight is 439 g/mol. The number of aliphatic hydroxyl groups excluding tert-OH is 1. The van der Waals surface area contributed by atoms with Crippen LogP contribution in [0.3, 0.4) is 0 Å². The third-order valence-corrected chi connectivity index (χ3v) is 5.97. The summed E-state index contributed by atoms with van der Waals surface area (Å²) < 4.78 is 5.41. The van der Waals surface area contributed by atoms with E-state index in [-0.39, 0.29) is 36.4 Å². The highest BCUT2D eigenvalue weighted by molar-refractivity contribution is 5.82. The van der Waals surface area contributed by atoms with Crippen molar-refractivity contribution in [3.8, 4) is 0 Å². The predicted molar refractivity (Wildman–Crippen MR) is 124 cm³/mol. The molecule has 1 aliphatic rings. The Kier molecular flexibility index (Phi) is 8.42. The first-order chi connectivity index (χ1) is 15.3. The monoisotopic (exact) mass is 438 g/mol. The maximum absolute atomic E-state index is 12.6. The van der Waals surface area contributed by atoms with E-state index >= 15 is 0 Å². The number of hydrogen-bond donors (Lipinski definition) is 2. The molecule has 0 bridgehead atoms. The van der Waals surface area contributed by atoms with Crippen molar-refractivity contribution in [2.24, 2.45) is 5.92 Å². The number of nitrogens with zero attached hydrogens (tertiary/aromatic N) is 1. The van der Waals surface area contributed by atoms with Gasteiger partial charge < -0.3 is 15.2 Å². The van der Waals surface area contributed by atoms with Gasteiger partial charge in [-0.25, -0.2) is 4.79 Å². The van der Waals surface area contributed by atoms with Crippen molar-refractivity contribution in [3.63, 3.8) is 0 Å². The van der Waals surface area contributed by atoms with E-state index in [1.165, 1.54) is 0 Å². The number of nitrogens with one attached hydrogen (secondary N) is 1. The van der Waals surface area contributed by atoms with Gasteiger partial charge >= 0.3 is 6.09 Å². The van der Waals surface area contributed by atoms with Crippen molar-refractivity contribution in [2.45, 2.75) is 71.0 Å². The molecule has 2 aromatic rings. The summed E-state index contributed by atoms with van der Waals surface area (Å²) in [7, 11) is 0. The number of ether oxygens (including phenoxy) is 1. The van der Waals surface area contributed by atoms with E-state index in [0.29, 0.717) is 19.4 Å². The minimum Gasteiger partial charge on any atom is -0.445 e. The van der Waals surface area contributed by atoms with E-state index in [9.17, 15) is 14.7 Å². The van der Waals surface area contributed by atoms with Crippen LogP contribution in [0.15, 0.2) is 60.7 Å². The maximum atomic E-state index is 12.6. The number of ketones is 1. The predicted octanol–water partition coefficient (Wildman–Crippen LogP) is 3.92. The molecular formula is C26H34N2O4. The van der Waals surface area contributed by atoms with E-state index < -0.39 is 12.2 Å². The Morgan fingerprint density at radius 3 is 2.22 bits per heavy atom. The average Bonchev–Trinajstić information content (AvgIpc) is 3.11. The fourth-order valence-electron chi connectivity index (χ4n) is 4.54. The first kappa shape index (κ1) is 24.0. The molecule has 6 nitrogen and oxygen atoms in total. The molecule has 1 fully saturated rings. The molecule has 6 heteroatoms. The second-order valence-electron chi connectivity index (χ2n) is 9.02. The molecule has 4 atom stereocenters. The molecule has 0 saturated carbocycles. The van der Waals surface area contributed by atoms with Crippen molar-refractivity contribution in [1.29, 1.82) is 0 Å². The molecule has 32 heavy (non-hydrogen) atoms. The Bertz CT molecular complexity index is 872. The molecule has 0 spiro atoms. The Hall–Kier alpha value is -2.70. The summed E-state index contributed by atoms with van der Waals surface area (Å²) in [6.45, 7) is 6.38. The second-order valence-corrected chi connectivity index (χ2v) is 9.02. The number of hydrogen-bond acceptors (Lipinski definition) is 5. The first-order valence-electron chi connectivity index (χ1n) is 11.3. The van der Waals surface area contributed by atoms with Crippen molar-refractivity contribution in [2.75, 3.05) is 0 Å². The second kappa shape index (κ2) is 11.2. The van der Waals surface area contributed by atoms with Crippen LogP contribution in [0.1, 0.15) is 44.7 Å². The van der Waals surface area contributed by atoms with Crippen LogP contribution in [0, 0.1) is 5.92 Å². The summed E-state index contributed by atoms with van der Waals surface area (Å²) in [5.41, 5.74) is 1.96. The van der Waals surface area contributed by atoms with Crippen LogP contribution in [-0.2, 0) is 22.7 Å². The number of carbonyl (C=O) groups is 2. The molecule has 2 aromatic carbocycles. The lowest BCUT2D eigenvalue weighted by atomic mass is 9.95. The van der Waals surface area contributed by atoms with Crippen molar-refractivity contribution in [3.05, 3.63) is 71.8 Å². The smallest absolute Gasteiger partial charge is 0.407 e. The Balaban J connectivity index is 1.77. The summed E-state index contributed by atoms with van der Waals surface area (Å²) in [6, 6.07) is 18.2. The lowest BCUT2D eigenvalue weighted by Crippen LogP contribution is -2.52. The number of Topliss-reactive ketones (excluding diaryl/α,β-unsaturated/α-hetero) is 1. The third-order valence-electron chi connectivity index (χ3n) is 5.97. The van der Waals surface area contributed by atoms with Gasteiger partial charge in [-0.2, -0.15) is 0 Å². The number of benzene rings is 2. The van der Waals surface area contributed by atoms with Crippen LogP contribution in [0.4, 0.5) is 4.79 Å². The van der Waals surface area contributed by atoms with Gasteiger partial charge in [0, 0.05) is 6.54 Å². The number of aliphatic hydroxyl groups is 1. The maximum Gasteiger partial charge on any atom is 0.407 e. The van der Waals surface area contributed by atoms with Crippen molar-refractivity contribution in [1.82, 2.24) is 10.2 Å². The molecule has 2 N–H and O–H groups in total. The van der Waals surface area contributed by atoms with Gasteiger partial charge in [0.05, 0.1) is 24.2 Å². The van der Waals surface area contributed by atoms with E-state index in [4.69, 9.17) is 4.74 Å². The topological polar surface area (TPSA) is 78.9 Å². The third kappa shape index (κ3) is 6.40. The van der Waals surface area contributed by atoms with Crippen molar-refractivity contribution >= 4 is 11.9 Å². The molecular weight excluding hydrogens is 404 g/mol. The van der Waals surface area contributed by atoms with Gasteiger partial charge in [-0.05, 0) is 36.8 Å². The van der Waals surface area contributed by atoms with Crippen LogP contribution in [-0.4, -0.2) is 46.1 Å². The number of rotatable bonds is 9. The Morgan fingerprint density at radius 1 is 1.06 bits per heavy atom.